The molecule has 0 aliphatic heterocycles. The Morgan fingerprint density at radius 1 is 1.35 bits per heavy atom. The molecule has 1 N–H and O–H groups in total. The van der Waals surface area contributed by atoms with E-state index in [0.717, 1.165) is 11.3 Å². The van der Waals surface area contributed by atoms with Crippen molar-refractivity contribution in [2.24, 2.45) is 0 Å². The fraction of sp³-hybridized carbons (Fsp3) is 0.231. The summed E-state index contributed by atoms with van der Waals surface area (Å²) in [5, 5.41) is 12.9. The number of carboxylic acid groups (broad SMARTS) is 1. The number of hydrogen-bond donors (Lipinski definition) is 1. The summed E-state index contributed by atoms with van der Waals surface area (Å²) in [5.41, 5.74) is 3.25. The molecule has 17 heavy (non-hydrogen) atoms. The molecule has 0 fully saturated rings. The van der Waals surface area contributed by atoms with E-state index in [2.05, 4.69) is 11.2 Å². The SMILES string of the molecule is Cc1cccc(Cn2nc(C(=O)O)cc2C)c1. The van der Waals surface area contributed by atoms with Crippen LogP contribution in [0.25, 0.3) is 0 Å². The second-order valence-corrected chi connectivity index (χ2v) is 4.12. The van der Waals surface area contributed by atoms with Gasteiger partial charge in [-0.1, -0.05) is 29.8 Å². The molecule has 0 radical (unpaired) electrons. The van der Waals surface area contributed by atoms with Gasteiger partial charge < -0.3 is 5.11 Å². The van der Waals surface area contributed by atoms with Gasteiger partial charge in [0, 0.05) is 5.69 Å². The Kier molecular flexibility index (Phi) is 2.95. The number of aromatic carboxylic acids is 1. The summed E-state index contributed by atoms with van der Waals surface area (Å²) in [6, 6.07) is 9.68. The highest BCUT2D eigenvalue weighted by molar-refractivity contribution is 5.85. The van der Waals surface area contributed by atoms with Gasteiger partial charge in [0.2, 0.25) is 0 Å². The summed E-state index contributed by atoms with van der Waals surface area (Å²) in [6.45, 7) is 4.48. The number of carboxylic acids is 1. The zero-order valence-electron chi connectivity index (χ0n) is 9.84. The number of nitrogens with zero attached hydrogens (tertiary/aromatic N) is 2. The van der Waals surface area contributed by atoms with Crippen molar-refractivity contribution in [3.63, 3.8) is 0 Å². The van der Waals surface area contributed by atoms with E-state index < -0.39 is 5.97 Å². The Morgan fingerprint density at radius 3 is 2.71 bits per heavy atom. The lowest BCUT2D eigenvalue weighted by atomic mass is 10.1. The van der Waals surface area contributed by atoms with E-state index in [1.54, 1.807) is 10.7 Å². The van der Waals surface area contributed by atoms with Crippen LogP contribution < -0.4 is 0 Å². The van der Waals surface area contributed by atoms with Gasteiger partial charge in [0.15, 0.2) is 5.69 Å². The highest BCUT2D eigenvalue weighted by Crippen LogP contribution is 2.09. The largest absolute Gasteiger partial charge is 0.476 e. The Hall–Kier alpha value is -2.10. The molecule has 1 aromatic heterocycles. The topological polar surface area (TPSA) is 55.1 Å². The molecule has 4 heteroatoms. The Bertz CT molecular complexity index is 558. The minimum absolute atomic E-state index is 0.0927. The van der Waals surface area contributed by atoms with Gasteiger partial charge in [-0.25, -0.2) is 4.79 Å². The lowest BCUT2D eigenvalue weighted by Gasteiger charge is -2.05. The number of hydrogen-bond acceptors (Lipinski definition) is 2. The maximum Gasteiger partial charge on any atom is 0.356 e. The molecular weight excluding hydrogens is 216 g/mol. The van der Waals surface area contributed by atoms with Crippen LogP contribution in [-0.4, -0.2) is 20.9 Å². The van der Waals surface area contributed by atoms with Crippen molar-refractivity contribution in [2.45, 2.75) is 20.4 Å². The molecule has 0 aliphatic carbocycles. The maximum absolute atomic E-state index is 10.8. The van der Waals surface area contributed by atoms with Gasteiger partial charge in [0.1, 0.15) is 0 Å². The van der Waals surface area contributed by atoms with Crippen molar-refractivity contribution in [2.75, 3.05) is 0 Å². The first kappa shape index (κ1) is 11.4. The predicted octanol–water partition coefficient (Wildman–Crippen LogP) is 2.25. The molecule has 0 amide bonds. The smallest absolute Gasteiger partial charge is 0.356 e. The quantitative estimate of drug-likeness (QED) is 0.879. The Morgan fingerprint density at radius 2 is 2.12 bits per heavy atom. The third-order valence-electron chi connectivity index (χ3n) is 2.62. The molecule has 88 valence electrons. The number of aromatic nitrogens is 2. The third kappa shape index (κ3) is 2.53. The summed E-state index contributed by atoms with van der Waals surface area (Å²) < 4.78 is 1.71. The Labute approximate surface area is 99.5 Å². The van der Waals surface area contributed by atoms with Crippen LogP contribution in [0.1, 0.15) is 27.3 Å². The van der Waals surface area contributed by atoms with Crippen LogP contribution in [0.5, 0.6) is 0 Å². The van der Waals surface area contributed by atoms with Crippen LogP contribution in [0.15, 0.2) is 30.3 Å². The first-order chi connectivity index (χ1) is 8.06. The fourth-order valence-electron chi connectivity index (χ4n) is 1.76. The first-order valence-corrected chi connectivity index (χ1v) is 5.39. The highest BCUT2D eigenvalue weighted by atomic mass is 16.4. The summed E-state index contributed by atoms with van der Waals surface area (Å²) in [4.78, 5) is 10.8. The van der Waals surface area contributed by atoms with E-state index in [9.17, 15) is 4.79 Å². The van der Waals surface area contributed by atoms with Crippen molar-refractivity contribution in [1.82, 2.24) is 9.78 Å². The average Bonchev–Trinajstić information content (AvgIpc) is 2.61. The van der Waals surface area contributed by atoms with E-state index in [4.69, 9.17) is 5.11 Å². The summed E-state index contributed by atoms with van der Waals surface area (Å²) in [6.07, 6.45) is 0. The van der Waals surface area contributed by atoms with Crippen molar-refractivity contribution >= 4 is 5.97 Å². The second kappa shape index (κ2) is 4.41. The molecule has 0 spiro atoms. The lowest BCUT2D eigenvalue weighted by Crippen LogP contribution is -2.05. The van der Waals surface area contributed by atoms with E-state index >= 15 is 0 Å². The van der Waals surface area contributed by atoms with Crippen molar-refractivity contribution < 1.29 is 9.90 Å². The number of aryl methyl sites for hydroxylation is 2. The standard InChI is InChI=1S/C13H14N2O2/c1-9-4-3-5-11(6-9)8-15-10(2)7-12(14-15)13(16)17/h3-7H,8H2,1-2H3,(H,16,17). The van der Waals surface area contributed by atoms with E-state index in [0.29, 0.717) is 6.54 Å². The van der Waals surface area contributed by atoms with Crippen molar-refractivity contribution in [3.05, 3.63) is 52.8 Å². The van der Waals surface area contributed by atoms with E-state index in [1.165, 1.54) is 5.56 Å². The summed E-state index contributed by atoms with van der Waals surface area (Å²) in [5.74, 6) is -0.990. The predicted molar refractivity (Wildman–Crippen MR) is 64.2 cm³/mol. The zero-order chi connectivity index (χ0) is 12.4. The molecule has 0 bridgehead atoms. The van der Waals surface area contributed by atoms with Crippen molar-refractivity contribution in [1.29, 1.82) is 0 Å². The van der Waals surface area contributed by atoms with E-state index in [-0.39, 0.29) is 5.69 Å². The van der Waals surface area contributed by atoms with Crippen LogP contribution in [0.2, 0.25) is 0 Å². The number of carbonyl (C=O) groups is 1. The molecule has 2 rings (SSSR count). The normalized spacial score (nSPS) is 10.5. The maximum atomic E-state index is 10.8. The van der Waals surface area contributed by atoms with Gasteiger partial charge >= 0.3 is 5.97 Å². The summed E-state index contributed by atoms with van der Waals surface area (Å²) in [7, 11) is 0. The fourth-order valence-corrected chi connectivity index (χ4v) is 1.76. The Balaban J connectivity index is 2.27. The molecule has 4 nitrogen and oxygen atoms in total. The van der Waals surface area contributed by atoms with Gasteiger partial charge in [-0.05, 0) is 25.5 Å². The second-order valence-electron chi connectivity index (χ2n) is 4.12. The van der Waals surface area contributed by atoms with Gasteiger partial charge in [0.05, 0.1) is 6.54 Å². The molecular formula is C13H14N2O2. The van der Waals surface area contributed by atoms with E-state index in [1.807, 2.05) is 32.0 Å². The minimum Gasteiger partial charge on any atom is -0.476 e. The molecule has 2 aromatic rings. The van der Waals surface area contributed by atoms with Crippen LogP contribution in [0.3, 0.4) is 0 Å². The van der Waals surface area contributed by atoms with Gasteiger partial charge in [-0.2, -0.15) is 5.10 Å². The first-order valence-electron chi connectivity index (χ1n) is 5.39. The molecule has 0 saturated carbocycles. The van der Waals surface area contributed by atoms with Gasteiger partial charge in [0.25, 0.3) is 0 Å². The number of benzene rings is 1. The highest BCUT2D eigenvalue weighted by Gasteiger charge is 2.10. The lowest BCUT2D eigenvalue weighted by molar-refractivity contribution is 0.0689. The molecule has 0 atom stereocenters. The molecule has 0 unspecified atom stereocenters. The molecule has 0 aliphatic rings. The zero-order valence-corrected chi connectivity index (χ0v) is 9.84. The summed E-state index contributed by atoms with van der Waals surface area (Å²) >= 11 is 0. The van der Waals surface area contributed by atoms with Crippen molar-refractivity contribution in [3.8, 4) is 0 Å². The monoisotopic (exact) mass is 230 g/mol. The average molecular weight is 230 g/mol. The van der Waals surface area contributed by atoms with Gasteiger partial charge in [-0.15, -0.1) is 0 Å². The minimum atomic E-state index is -0.990. The van der Waals surface area contributed by atoms with Crippen LogP contribution in [-0.2, 0) is 6.54 Å². The molecule has 1 heterocycles. The van der Waals surface area contributed by atoms with Gasteiger partial charge in [-0.3, -0.25) is 4.68 Å². The van der Waals surface area contributed by atoms with Crippen LogP contribution in [0, 0.1) is 13.8 Å². The third-order valence-corrected chi connectivity index (χ3v) is 2.62. The number of rotatable bonds is 3. The van der Waals surface area contributed by atoms with Crippen LogP contribution >= 0.6 is 0 Å². The molecule has 1 aromatic carbocycles. The van der Waals surface area contributed by atoms with Crippen LogP contribution in [0.4, 0.5) is 0 Å². The molecule has 0 saturated heterocycles.